The minimum atomic E-state index is -0.259. The SMILES string of the molecule is Nc1ccc2cnn(Cc3ccc(F)cc3Br)c2c1. The number of halogens is 2. The van der Waals surface area contributed by atoms with Gasteiger partial charge in [-0.1, -0.05) is 22.0 Å². The highest BCUT2D eigenvalue weighted by Crippen LogP contribution is 2.22. The van der Waals surface area contributed by atoms with Crippen LogP contribution >= 0.6 is 15.9 Å². The van der Waals surface area contributed by atoms with Gasteiger partial charge in [0.05, 0.1) is 18.3 Å². The van der Waals surface area contributed by atoms with Crippen molar-refractivity contribution in [1.82, 2.24) is 9.78 Å². The molecule has 3 aromatic rings. The van der Waals surface area contributed by atoms with Crippen LogP contribution in [0.25, 0.3) is 10.9 Å². The second-order valence-electron chi connectivity index (χ2n) is 4.36. The molecule has 3 nitrogen and oxygen atoms in total. The Morgan fingerprint density at radius 1 is 1.21 bits per heavy atom. The van der Waals surface area contributed by atoms with E-state index in [2.05, 4.69) is 21.0 Å². The first-order chi connectivity index (χ1) is 9.13. The van der Waals surface area contributed by atoms with E-state index in [1.54, 1.807) is 12.3 Å². The molecule has 0 radical (unpaired) electrons. The first kappa shape index (κ1) is 12.2. The van der Waals surface area contributed by atoms with Gasteiger partial charge in [-0.2, -0.15) is 5.10 Å². The number of hydrogen-bond acceptors (Lipinski definition) is 2. The third kappa shape index (κ3) is 2.33. The van der Waals surface area contributed by atoms with E-state index in [1.807, 2.05) is 22.9 Å². The normalized spacial score (nSPS) is 11.1. The molecule has 2 N–H and O–H groups in total. The Kier molecular flexibility index (Phi) is 2.98. The largest absolute Gasteiger partial charge is 0.399 e. The van der Waals surface area contributed by atoms with Crippen molar-refractivity contribution in [2.75, 3.05) is 5.73 Å². The number of fused-ring (bicyclic) bond motifs is 1. The van der Waals surface area contributed by atoms with Gasteiger partial charge in [0.2, 0.25) is 0 Å². The Bertz CT molecular complexity index is 752. The molecule has 0 spiro atoms. The molecule has 0 aliphatic heterocycles. The number of aromatic nitrogens is 2. The van der Waals surface area contributed by atoms with Gasteiger partial charge in [-0.05, 0) is 35.9 Å². The average molecular weight is 320 g/mol. The first-order valence-electron chi connectivity index (χ1n) is 5.78. The molecule has 0 saturated heterocycles. The summed E-state index contributed by atoms with van der Waals surface area (Å²) in [6, 6.07) is 10.3. The van der Waals surface area contributed by atoms with Crippen molar-refractivity contribution in [3.05, 3.63) is 58.4 Å². The Morgan fingerprint density at radius 2 is 2.05 bits per heavy atom. The van der Waals surface area contributed by atoms with Crippen LogP contribution in [0, 0.1) is 5.82 Å². The Balaban J connectivity index is 2.03. The minimum Gasteiger partial charge on any atom is -0.399 e. The number of hydrogen-bond donors (Lipinski definition) is 1. The number of benzene rings is 2. The molecule has 0 amide bonds. The molecule has 5 heteroatoms. The fourth-order valence-electron chi connectivity index (χ4n) is 2.02. The van der Waals surface area contributed by atoms with Gasteiger partial charge in [-0.25, -0.2) is 4.39 Å². The lowest BCUT2D eigenvalue weighted by atomic mass is 10.2. The molecule has 0 atom stereocenters. The standard InChI is InChI=1S/C14H11BrFN3/c15-13-5-11(16)3-1-10(13)8-19-14-6-12(17)4-2-9(14)7-18-19/h1-7H,8,17H2. The van der Waals surface area contributed by atoms with Crippen LogP contribution in [0.5, 0.6) is 0 Å². The molecule has 2 aromatic carbocycles. The van der Waals surface area contributed by atoms with Crippen LogP contribution in [-0.4, -0.2) is 9.78 Å². The predicted octanol–water partition coefficient (Wildman–Crippen LogP) is 3.57. The summed E-state index contributed by atoms with van der Waals surface area (Å²) in [6.45, 7) is 0.563. The summed E-state index contributed by atoms with van der Waals surface area (Å²) in [7, 11) is 0. The lowest BCUT2D eigenvalue weighted by Crippen LogP contribution is -2.02. The maximum absolute atomic E-state index is 13.1. The number of nitrogens with two attached hydrogens (primary N) is 1. The molecule has 19 heavy (non-hydrogen) atoms. The second kappa shape index (κ2) is 4.66. The molecule has 0 aliphatic rings. The van der Waals surface area contributed by atoms with Gasteiger partial charge < -0.3 is 5.73 Å². The maximum atomic E-state index is 13.1. The highest BCUT2D eigenvalue weighted by Gasteiger charge is 2.07. The fourth-order valence-corrected chi connectivity index (χ4v) is 2.50. The van der Waals surface area contributed by atoms with Crippen LogP contribution in [0.15, 0.2) is 47.1 Å². The molecule has 3 rings (SSSR count). The minimum absolute atomic E-state index is 0.259. The van der Waals surface area contributed by atoms with Crippen molar-refractivity contribution >= 4 is 32.5 Å². The molecular formula is C14H11BrFN3. The van der Waals surface area contributed by atoms with Gasteiger partial charge in [0.25, 0.3) is 0 Å². The zero-order chi connectivity index (χ0) is 13.4. The van der Waals surface area contributed by atoms with Crippen LogP contribution in [0.4, 0.5) is 10.1 Å². The number of nitrogens with zero attached hydrogens (tertiary/aromatic N) is 2. The van der Waals surface area contributed by atoms with Crippen LogP contribution in [0.2, 0.25) is 0 Å². The van der Waals surface area contributed by atoms with Crippen molar-refractivity contribution in [3.8, 4) is 0 Å². The smallest absolute Gasteiger partial charge is 0.124 e. The van der Waals surface area contributed by atoms with Crippen molar-refractivity contribution in [3.63, 3.8) is 0 Å². The van der Waals surface area contributed by atoms with Crippen molar-refractivity contribution < 1.29 is 4.39 Å². The molecule has 0 fully saturated rings. The summed E-state index contributed by atoms with van der Waals surface area (Å²) in [5, 5.41) is 5.38. The van der Waals surface area contributed by atoms with E-state index in [9.17, 15) is 4.39 Å². The van der Waals surface area contributed by atoms with E-state index in [4.69, 9.17) is 5.73 Å². The summed E-state index contributed by atoms with van der Waals surface area (Å²) in [5.74, 6) is -0.259. The monoisotopic (exact) mass is 319 g/mol. The molecule has 0 aliphatic carbocycles. The van der Waals surface area contributed by atoms with Crippen molar-refractivity contribution in [1.29, 1.82) is 0 Å². The van der Waals surface area contributed by atoms with Gasteiger partial charge in [-0.3, -0.25) is 4.68 Å². The summed E-state index contributed by atoms with van der Waals surface area (Å²) < 4.78 is 15.7. The first-order valence-corrected chi connectivity index (χ1v) is 6.58. The Morgan fingerprint density at radius 3 is 2.84 bits per heavy atom. The Hall–Kier alpha value is -1.88. The van der Waals surface area contributed by atoms with E-state index in [-0.39, 0.29) is 5.82 Å². The van der Waals surface area contributed by atoms with Crippen LogP contribution in [-0.2, 0) is 6.54 Å². The van der Waals surface area contributed by atoms with Crippen LogP contribution < -0.4 is 5.73 Å². The lowest BCUT2D eigenvalue weighted by molar-refractivity contribution is 0.624. The van der Waals surface area contributed by atoms with Crippen molar-refractivity contribution in [2.24, 2.45) is 0 Å². The van der Waals surface area contributed by atoms with Gasteiger partial charge in [0, 0.05) is 15.5 Å². The molecule has 0 bridgehead atoms. The predicted molar refractivity (Wildman–Crippen MR) is 77.3 cm³/mol. The van der Waals surface area contributed by atoms with Gasteiger partial charge in [0.1, 0.15) is 5.82 Å². The highest BCUT2D eigenvalue weighted by atomic mass is 79.9. The van der Waals surface area contributed by atoms with Gasteiger partial charge in [0.15, 0.2) is 0 Å². The zero-order valence-corrected chi connectivity index (χ0v) is 11.6. The van der Waals surface area contributed by atoms with E-state index in [0.717, 1.165) is 20.9 Å². The van der Waals surface area contributed by atoms with E-state index in [0.29, 0.717) is 12.2 Å². The molecule has 1 heterocycles. The van der Waals surface area contributed by atoms with Gasteiger partial charge >= 0.3 is 0 Å². The average Bonchev–Trinajstić information content (AvgIpc) is 2.75. The van der Waals surface area contributed by atoms with Crippen LogP contribution in [0.3, 0.4) is 0 Å². The second-order valence-corrected chi connectivity index (χ2v) is 5.21. The van der Waals surface area contributed by atoms with Crippen molar-refractivity contribution in [2.45, 2.75) is 6.54 Å². The molecule has 0 saturated carbocycles. The Labute approximate surface area is 118 Å². The van der Waals surface area contributed by atoms with E-state index < -0.39 is 0 Å². The number of nitrogen functional groups attached to an aromatic ring is 1. The zero-order valence-electron chi connectivity index (χ0n) is 9.98. The summed E-state index contributed by atoms with van der Waals surface area (Å²) in [6.07, 6.45) is 1.80. The quantitative estimate of drug-likeness (QED) is 0.734. The van der Waals surface area contributed by atoms with Gasteiger partial charge in [-0.15, -0.1) is 0 Å². The highest BCUT2D eigenvalue weighted by molar-refractivity contribution is 9.10. The molecule has 0 unspecified atom stereocenters. The summed E-state index contributed by atoms with van der Waals surface area (Å²) >= 11 is 3.37. The lowest BCUT2D eigenvalue weighted by Gasteiger charge is -2.07. The molecule has 1 aromatic heterocycles. The summed E-state index contributed by atoms with van der Waals surface area (Å²) in [5.41, 5.74) is 8.43. The van der Waals surface area contributed by atoms with E-state index >= 15 is 0 Å². The van der Waals surface area contributed by atoms with Crippen LogP contribution in [0.1, 0.15) is 5.56 Å². The number of anilines is 1. The fraction of sp³-hybridized carbons (Fsp3) is 0.0714. The summed E-state index contributed by atoms with van der Waals surface area (Å²) in [4.78, 5) is 0. The third-order valence-corrected chi connectivity index (χ3v) is 3.74. The molecular weight excluding hydrogens is 309 g/mol. The number of rotatable bonds is 2. The molecule has 96 valence electrons. The third-order valence-electron chi connectivity index (χ3n) is 3.00. The maximum Gasteiger partial charge on any atom is 0.124 e. The van der Waals surface area contributed by atoms with E-state index in [1.165, 1.54) is 12.1 Å². The topological polar surface area (TPSA) is 43.8 Å².